The Morgan fingerprint density at radius 3 is 2.78 bits per heavy atom. The summed E-state index contributed by atoms with van der Waals surface area (Å²) < 4.78 is 3.80. The molecule has 0 unspecified atom stereocenters. The molecule has 4 nitrogen and oxygen atoms in total. The number of imidazole rings is 1. The van der Waals surface area contributed by atoms with E-state index in [1.54, 1.807) is 22.0 Å². The Morgan fingerprint density at radius 2 is 2.00 bits per heavy atom. The molecule has 3 heterocycles. The number of hydrogen-bond acceptors (Lipinski definition) is 3. The molecule has 0 atom stereocenters. The molecule has 0 saturated carbocycles. The lowest BCUT2D eigenvalue weighted by atomic mass is 10.1. The predicted octanol–water partition coefficient (Wildman–Crippen LogP) is 3.94. The monoisotopic (exact) mass is 321 g/mol. The number of rotatable bonds is 3. The Labute approximate surface area is 137 Å². The average molecular weight is 321 g/mol. The molecule has 5 heteroatoms. The number of thiophene rings is 1. The molecular weight excluding hydrogens is 306 g/mol. The van der Waals surface area contributed by atoms with E-state index in [2.05, 4.69) is 44.6 Å². The number of fused-ring (bicyclic) bond motifs is 1. The topological polar surface area (TPSA) is 39.8 Å². The molecular formula is C18H15N3OS. The minimum absolute atomic E-state index is 0.0269. The number of benzene rings is 1. The van der Waals surface area contributed by atoms with E-state index < -0.39 is 0 Å². The summed E-state index contributed by atoms with van der Waals surface area (Å²) in [5.74, 6) is 0. The molecule has 1 aromatic carbocycles. The van der Waals surface area contributed by atoms with Gasteiger partial charge in [-0.3, -0.25) is 9.36 Å². The fourth-order valence-electron chi connectivity index (χ4n) is 2.74. The zero-order valence-electron chi connectivity index (χ0n) is 12.6. The summed E-state index contributed by atoms with van der Waals surface area (Å²) in [6.45, 7) is 2.64. The second-order valence-corrected chi connectivity index (χ2v) is 6.12. The SMILES string of the molecule is CCn1cc(-c2ccc3c(c2)ncn3-c2ccsc2)ccc1=O. The van der Waals surface area contributed by atoms with Crippen LogP contribution in [0.2, 0.25) is 0 Å². The van der Waals surface area contributed by atoms with Crippen molar-refractivity contribution in [1.29, 1.82) is 0 Å². The largest absolute Gasteiger partial charge is 0.315 e. The van der Waals surface area contributed by atoms with Gasteiger partial charge in [0.25, 0.3) is 5.56 Å². The van der Waals surface area contributed by atoms with Gasteiger partial charge in [0.05, 0.1) is 16.7 Å². The highest BCUT2D eigenvalue weighted by molar-refractivity contribution is 7.08. The Hall–Kier alpha value is -2.66. The quantitative estimate of drug-likeness (QED) is 0.573. The molecule has 0 aliphatic carbocycles. The lowest BCUT2D eigenvalue weighted by molar-refractivity contribution is 0.728. The van der Waals surface area contributed by atoms with Gasteiger partial charge in [-0.2, -0.15) is 11.3 Å². The minimum atomic E-state index is 0.0269. The molecule has 23 heavy (non-hydrogen) atoms. The van der Waals surface area contributed by atoms with Crippen LogP contribution in [0, 0.1) is 0 Å². The van der Waals surface area contributed by atoms with Crippen molar-refractivity contribution in [2.75, 3.05) is 0 Å². The van der Waals surface area contributed by atoms with Crippen molar-refractivity contribution in [3.05, 3.63) is 70.0 Å². The molecule has 3 aromatic heterocycles. The number of hydrogen-bond donors (Lipinski definition) is 0. The van der Waals surface area contributed by atoms with E-state index in [-0.39, 0.29) is 5.56 Å². The van der Waals surface area contributed by atoms with E-state index in [0.717, 1.165) is 27.8 Å². The fraction of sp³-hybridized carbons (Fsp3) is 0.111. The van der Waals surface area contributed by atoms with E-state index in [1.807, 2.05) is 25.5 Å². The number of aromatic nitrogens is 3. The predicted molar refractivity (Wildman–Crippen MR) is 94.3 cm³/mol. The van der Waals surface area contributed by atoms with E-state index in [9.17, 15) is 4.79 Å². The van der Waals surface area contributed by atoms with Crippen LogP contribution in [0.25, 0.3) is 27.8 Å². The normalized spacial score (nSPS) is 11.2. The third kappa shape index (κ3) is 2.39. The Balaban J connectivity index is 1.83. The lowest BCUT2D eigenvalue weighted by Crippen LogP contribution is -2.16. The molecule has 0 spiro atoms. The first-order chi connectivity index (χ1) is 11.3. The molecule has 0 aliphatic heterocycles. The second-order valence-electron chi connectivity index (χ2n) is 5.34. The van der Waals surface area contributed by atoms with E-state index >= 15 is 0 Å². The van der Waals surface area contributed by atoms with Gasteiger partial charge in [0.2, 0.25) is 0 Å². The summed E-state index contributed by atoms with van der Waals surface area (Å²) in [6, 6.07) is 11.8. The third-order valence-electron chi connectivity index (χ3n) is 3.99. The van der Waals surface area contributed by atoms with E-state index in [1.165, 1.54) is 0 Å². The zero-order chi connectivity index (χ0) is 15.8. The molecule has 0 fully saturated rings. The number of aryl methyl sites for hydroxylation is 1. The highest BCUT2D eigenvalue weighted by Gasteiger charge is 2.07. The summed E-state index contributed by atoms with van der Waals surface area (Å²) >= 11 is 1.67. The summed E-state index contributed by atoms with van der Waals surface area (Å²) in [5.41, 5.74) is 5.27. The van der Waals surface area contributed by atoms with Crippen molar-refractivity contribution in [2.45, 2.75) is 13.5 Å². The summed E-state index contributed by atoms with van der Waals surface area (Å²) in [7, 11) is 0. The van der Waals surface area contributed by atoms with Crippen LogP contribution in [0.4, 0.5) is 0 Å². The van der Waals surface area contributed by atoms with Gasteiger partial charge in [-0.25, -0.2) is 4.98 Å². The van der Waals surface area contributed by atoms with Gasteiger partial charge in [-0.05, 0) is 47.7 Å². The first kappa shape index (κ1) is 14.0. The summed E-state index contributed by atoms with van der Waals surface area (Å²) in [5, 5.41) is 4.16. The Kier molecular flexibility index (Phi) is 3.35. The molecule has 0 radical (unpaired) electrons. The van der Waals surface area contributed by atoms with Crippen molar-refractivity contribution < 1.29 is 0 Å². The molecule has 0 bridgehead atoms. The van der Waals surface area contributed by atoms with Crippen LogP contribution in [-0.2, 0) is 6.54 Å². The third-order valence-corrected chi connectivity index (χ3v) is 4.66. The van der Waals surface area contributed by atoms with Crippen molar-refractivity contribution >= 4 is 22.4 Å². The van der Waals surface area contributed by atoms with Gasteiger partial charge in [-0.15, -0.1) is 0 Å². The fourth-order valence-corrected chi connectivity index (χ4v) is 3.37. The van der Waals surface area contributed by atoms with Crippen molar-refractivity contribution in [3.63, 3.8) is 0 Å². The van der Waals surface area contributed by atoms with Gasteiger partial charge in [0.1, 0.15) is 6.33 Å². The number of pyridine rings is 1. The van der Waals surface area contributed by atoms with Crippen LogP contribution in [0.15, 0.2) is 64.5 Å². The zero-order valence-corrected chi connectivity index (χ0v) is 13.5. The van der Waals surface area contributed by atoms with Crippen LogP contribution < -0.4 is 5.56 Å². The van der Waals surface area contributed by atoms with Crippen molar-refractivity contribution in [3.8, 4) is 16.8 Å². The Morgan fingerprint density at radius 1 is 1.13 bits per heavy atom. The first-order valence-electron chi connectivity index (χ1n) is 7.47. The first-order valence-corrected chi connectivity index (χ1v) is 8.41. The van der Waals surface area contributed by atoms with Crippen LogP contribution in [0.5, 0.6) is 0 Å². The standard InChI is InChI=1S/C18H15N3OS/c1-2-20-10-14(4-6-18(20)22)13-3-5-17-16(9-13)19-12-21(17)15-7-8-23-11-15/h3-12H,2H2,1H3. The molecule has 0 N–H and O–H groups in total. The van der Waals surface area contributed by atoms with Crippen molar-refractivity contribution in [2.24, 2.45) is 0 Å². The van der Waals surface area contributed by atoms with Gasteiger partial charge >= 0.3 is 0 Å². The van der Waals surface area contributed by atoms with Gasteiger partial charge in [0.15, 0.2) is 0 Å². The second kappa shape index (κ2) is 5.52. The van der Waals surface area contributed by atoms with Crippen LogP contribution in [0.3, 0.4) is 0 Å². The molecule has 0 amide bonds. The molecule has 0 aliphatic rings. The van der Waals surface area contributed by atoms with E-state index in [0.29, 0.717) is 6.54 Å². The highest BCUT2D eigenvalue weighted by Crippen LogP contribution is 2.25. The molecule has 0 saturated heterocycles. The van der Waals surface area contributed by atoms with Crippen molar-refractivity contribution in [1.82, 2.24) is 14.1 Å². The molecule has 4 rings (SSSR count). The highest BCUT2D eigenvalue weighted by atomic mass is 32.1. The van der Waals surface area contributed by atoms with Crippen LogP contribution in [-0.4, -0.2) is 14.1 Å². The van der Waals surface area contributed by atoms with Gasteiger partial charge < -0.3 is 4.57 Å². The number of nitrogens with zero attached hydrogens (tertiary/aromatic N) is 3. The summed E-state index contributed by atoms with van der Waals surface area (Å²) in [6.07, 6.45) is 3.75. The van der Waals surface area contributed by atoms with Gasteiger partial charge in [0, 0.05) is 24.2 Å². The summed E-state index contributed by atoms with van der Waals surface area (Å²) in [4.78, 5) is 16.2. The lowest BCUT2D eigenvalue weighted by Gasteiger charge is -2.07. The molecule has 114 valence electrons. The average Bonchev–Trinajstić information content (AvgIpc) is 3.23. The smallest absolute Gasteiger partial charge is 0.250 e. The van der Waals surface area contributed by atoms with Gasteiger partial charge in [-0.1, -0.05) is 6.07 Å². The maximum atomic E-state index is 11.7. The molecule has 4 aromatic rings. The minimum Gasteiger partial charge on any atom is -0.315 e. The Bertz CT molecular complexity index is 1030. The van der Waals surface area contributed by atoms with Crippen LogP contribution in [0.1, 0.15) is 6.92 Å². The van der Waals surface area contributed by atoms with Crippen LogP contribution >= 0.6 is 11.3 Å². The van der Waals surface area contributed by atoms with E-state index in [4.69, 9.17) is 0 Å². The maximum Gasteiger partial charge on any atom is 0.250 e. The maximum absolute atomic E-state index is 11.7.